The SMILES string of the molecule is COc1ccc(S(=O)(=O)Nc2ccc(CCc3nc4ccc(C)cc4[nH]3)cc2)cc1Cl. The number of aromatic amines is 1. The highest BCUT2D eigenvalue weighted by atomic mass is 35.5. The number of nitrogens with zero attached hydrogens (tertiary/aromatic N) is 1. The van der Waals surface area contributed by atoms with Gasteiger partial charge in [0, 0.05) is 12.1 Å². The fraction of sp³-hybridized carbons (Fsp3) is 0.174. The number of benzene rings is 3. The largest absolute Gasteiger partial charge is 0.495 e. The summed E-state index contributed by atoms with van der Waals surface area (Å²) < 4.78 is 32.9. The molecule has 4 aromatic rings. The third kappa shape index (κ3) is 4.84. The Balaban J connectivity index is 1.42. The number of halogens is 1. The van der Waals surface area contributed by atoms with Gasteiger partial charge in [-0.25, -0.2) is 13.4 Å². The molecule has 2 N–H and O–H groups in total. The minimum Gasteiger partial charge on any atom is -0.495 e. The fourth-order valence-corrected chi connectivity index (χ4v) is 4.73. The molecule has 1 aromatic heterocycles. The molecule has 0 fully saturated rings. The van der Waals surface area contributed by atoms with Gasteiger partial charge in [0.05, 0.1) is 28.1 Å². The topological polar surface area (TPSA) is 84.1 Å². The lowest BCUT2D eigenvalue weighted by Gasteiger charge is -2.10. The van der Waals surface area contributed by atoms with E-state index in [2.05, 4.69) is 27.7 Å². The number of aryl methyl sites for hydroxylation is 3. The van der Waals surface area contributed by atoms with Gasteiger partial charge in [0.1, 0.15) is 11.6 Å². The van der Waals surface area contributed by atoms with E-state index in [4.69, 9.17) is 16.3 Å². The third-order valence-corrected chi connectivity index (χ3v) is 6.65. The van der Waals surface area contributed by atoms with Crippen molar-refractivity contribution < 1.29 is 13.2 Å². The second-order valence-electron chi connectivity index (χ2n) is 7.30. The monoisotopic (exact) mass is 455 g/mol. The van der Waals surface area contributed by atoms with Gasteiger partial charge >= 0.3 is 0 Å². The van der Waals surface area contributed by atoms with E-state index < -0.39 is 10.0 Å². The lowest BCUT2D eigenvalue weighted by atomic mass is 10.1. The maximum absolute atomic E-state index is 12.6. The van der Waals surface area contributed by atoms with E-state index in [0.717, 1.165) is 35.3 Å². The highest BCUT2D eigenvalue weighted by molar-refractivity contribution is 7.92. The Bertz CT molecular complexity index is 1330. The Morgan fingerprint density at radius 2 is 1.81 bits per heavy atom. The van der Waals surface area contributed by atoms with E-state index >= 15 is 0 Å². The van der Waals surface area contributed by atoms with Crippen LogP contribution in [-0.4, -0.2) is 25.5 Å². The number of H-pyrrole nitrogens is 1. The Kier molecular flexibility index (Phi) is 5.89. The van der Waals surface area contributed by atoms with E-state index in [9.17, 15) is 8.42 Å². The van der Waals surface area contributed by atoms with Crippen molar-refractivity contribution in [3.8, 4) is 5.75 Å². The first kappa shape index (κ1) is 21.2. The number of aromatic nitrogens is 2. The zero-order valence-electron chi connectivity index (χ0n) is 17.1. The number of nitrogens with one attached hydrogen (secondary N) is 2. The van der Waals surface area contributed by atoms with E-state index in [1.165, 1.54) is 30.9 Å². The van der Waals surface area contributed by atoms with Gasteiger partial charge in [-0.05, 0) is 66.9 Å². The minimum absolute atomic E-state index is 0.0718. The second kappa shape index (κ2) is 8.61. The summed E-state index contributed by atoms with van der Waals surface area (Å²) in [5, 5.41) is 0.237. The van der Waals surface area contributed by atoms with Gasteiger partial charge in [0.2, 0.25) is 0 Å². The van der Waals surface area contributed by atoms with Gasteiger partial charge in [0.15, 0.2) is 0 Å². The summed E-state index contributed by atoms with van der Waals surface area (Å²) in [6.45, 7) is 2.05. The highest BCUT2D eigenvalue weighted by Crippen LogP contribution is 2.28. The van der Waals surface area contributed by atoms with Gasteiger partial charge in [-0.1, -0.05) is 29.8 Å². The van der Waals surface area contributed by atoms with Crippen molar-refractivity contribution in [2.45, 2.75) is 24.7 Å². The van der Waals surface area contributed by atoms with Crippen LogP contribution in [-0.2, 0) is 22.9 Å². The van der Waals surface area contributed by atoms with Crippen LogP contribution < -0.4 is 9.46 Å². The van der Waals surface area contributed by atoms with Crippen LogP contribution in [0.5, 0.6) is 5.75 Å². The summed E-state index contributed by atoms with van der Waals surface area (Å²) in [5.41, 5.74) is 4.77. The predicted molar refractivity (Wildman–Crippen MR) is 123 cm³/mol. The molecule has 0 aliphatic heterocycles. The number of methoxy groups -OCH3 is 1. The van der Waals surface area contributed by atoms with Crippen LogP contribution in [0.25, 0.3) is 11.0 Å². The van der Waals surface area contributed by atoms with Gasteiger partial charge in [0.25, 0.3) is 10.0 Å². The molecule has 0 radical (unpaired) electrons. The number of hydrogen-bond donors (Lipinski definition) is 2. The zero-order valence-corrected chi connectivity index (χ0v) is 18.7. The molecule has 4 rings (SSSR count). The summed E-state index contributed by atoms with van der Waals surface area (Å²) in [6.07, 6.45) is 1.56. The fourth-order valence-electron chi connectivity index (χ4n) is 3.33. The van der Waals surface area contributed by atoms with Crippen LogP contribution in [0.15, 0.2) is 65.6 Å². The Morgan fingerprint density at radius 3 is 2.52 bits per heavy atom. The van der Waals surface area contributed by atoms with Crippen LogP contribution in [0.1, 0.15) is 17.0 Å². The van der Waals surface area contributed by atoms with Gasteiger partial charge in [-0.2, -0.15) is 0 Å². The molecule has 0 saturated heterocycles. The van der Waals surface area contributed by atoms with E-state index in [1.54, 1.807) is 12.1 Å². The number of imidazole rings is 1. The van der Waals surface area contributed by atoms with E-state index in [1.807, 2.05) is 24.3 Å². The number of sulfonamides is 1. The highest BCUT2D eigenvalue weighted by Gasteiger charge is 2.16. The van der Waals surface area contributed by atoms with E-state index in [-0.39, 0.29) is 9.92 Å². The van der Waals surface area contributed by atoms with Crippen molar-refractivity contribution >= 4 is 38.3 Å². The smallest absolute Gasteiger partial charge is 0.261 e. The van der Waals surface area contributed by atoms with Crippen LogP contribution in [0.3, 0.4) is 0 Å². The molecule has 1 heterocycles. The summed E-state index contributed by atoms with van der Waals surface area (Å²) in [5.74, 6) is 1.35. The van der Waals surface area contributed by atoms with Crippen LogP contribution in [0.4, 0.5) is 5.69 Å². The van der Waals surface area contributed by atoms with Gasteiger partial charge in [-0.3, -0.25) is 4.72 Å². The molecule has 0 unspecified atom stereocenters. The molecular weight excluding hydrogens is 434 g/mol. The molecule has 3 aromatic carbocycles. The number of anilines is 1. The lowest BCUT2D eigenvalue weighted by molar-refractivity contribution is 0.414. The standard InChI is InChI=1S/C23H22ClN3O3S/c1-15-3-10-20-21(13-15)26-23(25-20)12-6-16-4-7-17(8-5-16)27-31(28,29)18-9-11-22(30-2)19(24)14-18/h3-5,7-11,13-14,27H,6,12H2,1-2H3,(H,25,26). The van der Waals surface area contributed by atoms with Crippen molar-refractivity contribution in [1.82, 2.24) is 9.97 Å². The molecule has 160 valence electrons. The predicted octanol–water partition coefficient (Wildman–Crippen LogP) is 5.12. The minimum atomic E-state index is -3.75. The maximum Gasteiger partial charge on any atom is 0.261 e. The number of rotatable bonds is 7. The average molecular weight is 456 g/mol. The zero-order chi connectivity index (χ0) is 22.0. The van der Waals surface area contributed by atoms with Crippen molar-refractivity contribution in [3.63, 3.8) is 0 Å². The molecule has 31 heavy (non-hydrogen) atoms. The molecule has 0 spiro atoms. The first-order chi connectivity index (χ1) is 14.8. The molecule has 8 heteroatoms. The molecule has 0 bridgehead atoms. The maximum atomic E-state index is 12.6. The second-order valence-corrected chi connectivity index (χ2v) is 9.39. The molecule has 6 nitrogen and oxygen atoms in total. The summed E-state index contributed by atoms with van der Waals surface area (Å²) in [7, 11) is -2.28. The molecule has 0 atom stereocenters. The van der Waals surface area contributed by atoms with Crippen molar-refractivity contribution in [1.29, 1.82) is 0 Å². The average Bonchev–Trinajstić information content (AvgIpc) is 3.15. The molecule has 0 saturated carbocycles. The van der Waals surface area contributed by atoms with Crippen LogP contribution >= 0.6 is 11.6 Å². The van der Waals surface area contributed by atoms with Crippen LogP contribution in [0.2, 0.25) is 5.02 Å². The third-order valence-electron chi connectivity index (χ3n) is 4.98. The first-order valence-corrected chi connectivity index (χ1v) is 11.6. The Morgan fingerprint density at radius 1 is 1.03 bits per heavy atom. The quantitative estimate of drug-likeness (QED) is 0.405. The van der Waals surface area contributed by atoms with Crippen molar-refractivity contribution in [3.05, 3.63) is 82.6 Å². The van der Waals surface area contributed by atoms with Gasteiger partial charge < -0.3 is 9.72 Å². The number of fused-ring (bicyclic) bond motifs is 1. The van der Waals surface area contributed by atoms with E-state index in [0.29, 0.717) is 11.4 Å². The first-order valence-electron chi connectivity index (χ1n) is 9.74. The lowest BCUT2D eigenvalue weighted by Crippen LogP contribution is -2.13. The Hall–Kier alpha value is -3.03. The van der Waals surface area contributed by atoms with Crippen molar-refractivity contribution in [2.24, 2.45) is 0 Å². The Labute approximate surface area is 186 Å². The number of hydrogen-bond acceptors (Lipinski definition) is 4. The van der Waals surface area contributed by atoms with Crippen molar-refractivity contribution in [2.75, 3.05) is 11.8 Å². The van der Waals surface area contributed by atoms with Gasteiger partial charge in [-0.15, -0.1) is 0 Å². The summed E-state index contributed by atoms with van der Waals surface area (Å²) in [6, 6.07) is 17.8. The normalized spacial score (nSPS) is 11.6. The summed E-state index contributed by atoms with van der Waals surface area (Å²) >= 11 is 6.05. The molecule has 0 aliphatic rings. The van der Waals surface area contributed by atoms with Crippen LogP contribution in [0, 0.1) is 6.92 Å². The molecule has 0 amide bonds. The molecular formula is C23H22ClN3O3S. The summed E-state index contributed by atoms with van der Waals surface area (Å²) in [4.78, 5) is 8.05. The number of ether oxygens (including phenoxy) is 1. The molecule has 0 aliphatic carbocycles.